The number of morpholine rings is 1. The molecule has 1 atom stereocenters. The third kappa shape index (κ3) is 11.5. The topological polar surface area (TPSA) is 50.8 Å². The number of hydrogen-bond acceptors (Lipinski definition) is 4. The summed E-state index contributed by atoms with van der Waals surface area (Å²) in [6, 6.07) is 0. The second kappa shape index (κ2) is 14.9. The number of nitrogens with one attached hydrogen (secondary N) is 1. The smallest absolute Gasteiger partial charge is 0.222 e. The molecule has 5 nitrogen and oxygen atoms in total. The van der Waals surface area contributed by atoms with Crippen LogP contribution in [-0.4, -0.2) is 62.9 Å². The van der Waals surface area contributed by atoms with Gasteiger partial charge in [0.25, 0.3) is 0 Å². The zero-order valence-electron chi connectivity index (χ0n) is 15.9. The van der Waals surface area contributed by atoms with Gasteiger partial charge in [0.15, 0.2) is 0 Å². The van der Waals surface area contributed by atoms with E-state index in [0.717, 1.165) is 45.9 Å². The van der Waals surface area contributed by atoms with Crippen molar-refractivity contribution in [2.24, 2.45) is 5.92 Å². The molecule has 138 valence electrons. The SMILES string of the molecule is CC.CCCCCOCCN1CCOC(CNC(=O)C(C)C)C1. The van der Waals surface area contributed by atoms with Gasteiger partial charge >= 0.3 is 0 Å². The van der Waals surface area contributed by atoms with Crippen LogP contribution in [-0.2, 0) is 14.3 Å². The first-order chi connectivity index (χ1) is 11.1. The van der Waals surface area contributed by atoms with E-state index >= 15 is 0 Å². The number of carbonyl (C=O) groups is 1. The molecule has 0 saturated carbocycles. The van der Waals surface area contributed by atoms with Crippen LogP contribution in [0.1, 0.15) is 53.9 Å². The van der Waals surface area contributed by atoms with Crippen molar-refractivity contribution in [1.82, 2.24) is 10.2 Å². The lowest BCUT2D eigenvalue weighted by atomic mass is 10.2. The fourth-order valence-electron chi connectivity index (χ4n) is 2.28. The van der Waals surface area contributed by atoms with E-state index in [2.05, 4.69) is 17.1 Å². The van der Waals surface area contributed by atoms with Crippen molar-refractivity contribution in [3.63, 3.8) is 0 Å². The zero-order chi connectivity index (χ0) is 17.5. The number of amides is 1. The number of carbonyl (C=O) groups excluding carboxylic acids is 1. The first kappa shape index (κ1) is 22.4. The van der Waals surface area contributed by atoms with Crippen LogP contribution in [0.4, 0.5) is 0 Å². The molecule has 1 N–H and O–H groups in total. The number of ether oxygens (including phenoxy) is 2. The van der Waals surface area contributed by atoms with E-state index in [-0.39, 0.29) is 17.9 Å². The third-order valence-electron chi connectivity index (χ3n) is 3.70. The van der Waals surface area contributed by atoms with Gasteiger partial charge in [0.05, 0.1) is 19.3 Å². The quantitative estimate of drug-likeness (QED) is 0.626. The molecule has 1 saturated heterocycles. The van der Waals surface area contributed by atoms with Crippen LogP contribution >= 0.6 is 0 Å². The fourth-order valence-corrected chi connectivity index (χ4v) is 2.28. The summed E-state index contributed by atoms with van der Waals surface area (Å²) in [5.74, 6) is 0.121. The monoisotopic (exact) mass is 330 g/mol. The van der Waals surface area contributed by atoms with Crippen molar-refractivity contribution in [2.45, 2.75) is 60.0 Å². The zero-order valence-corrected chi connectivity index (χ0v) is 15.9. The maximum absolute atomic E-state index is 11.6. The van der Waals surface area contributed by atoms with Gasteiger partial charge in [0.1, 0.15) is 0 Å². The Kier molecular flexibility index (Phi) is 14.5. The van der Waals surface area contributed by atoms with E-state index in [0.29, 0.717) is 6.54 Å². The van der Waals surface area contributed by atoms with Gasteiger partial charge in [0, 0.05) is 38.7 Å². The van der Waals surface area contributed by atoms with Crippen LogP contribution < -0.4 is 5.32 Å². The van der Waals surface area contributed by atoms with Gasteiger partial charge in [-0.05, 0) is 6.42 Å². The van der Waals surface area contributed by atoms with Gasteiger partial charge < -0.3 is 14.8 Å². The summed E-state index contributed by atoms with van der Waals surface area (Å²) in [6.07, 6.45) is 3.73. The summed E-state index contributed by atoms with van der Waals surface area (Å²) < 4.78 is 11.4. The lowest BCUT2D eigenvalue weighted by Crippen LogP contribution is -2.48. The van der Waals surface area contributed by atoms with E-state index in [1.54, 1.807) is 0 Å². The van der Waals surface area contributed by atoms with E-state index in [1.165, 1.54) is 12.8 Å². The molecule has 0 radical (unpaired) electrons. The molecule has 0 spiro atoms. The van der Waals surface area contributed by atoms with Crippen LogP contribution in [0.25, 0.3) is 0 Å². The van der Waals surface area contributed by atoms with Gasteiger partial charge in [-0.3, -0.25) is 9.69 Å². The van der Waals surface area contributed by atoms with Crippen molar-refractivity contribution in [3.05, 3.63) is 0 Å². The first-order valence-corrected chi connectivity index (χ1v) is 9.33. The highest BCUT2D eigenvalue weighted by atomic mass is 16.5. The van der Waals surface area contributed by atoms with E-state index in [4.69, 9.17) is 9.47 Å². The molecule has 1 fully saturated rings. The predicted molar refractivity (Wildman–Crippen MR) is 95.7 cm³/mol. The Hall–Kier alpha value is -0.650. The first-order valence-electron chi connectivity index (χ1n) is 9.33. The molecule has 0 aromatic heterocycles. The Balaban J connectivity index is 0.00000232. The van der Waals surface area contributed by atoms with Crippen LogP contribution in [0, 0.1) is 5.92 Å². The lowest BCUT2D eigenvalue weighted by molar-refractivity contribution is -0.125. The summed E-state index contributed by atoms with van der Waals surface area (Å²) in [7, 11) is 0. The van der Waals surface area contributed by atoms with Gasteiger partial charge in [-0.1, -0.05) is 47.5 Å². The summed E-state index contributed by atoms with van der Waals surface area (Å²) in [4.78, 5) is 13.9. The predicted octanol–water partition coefficient (Wildman–Crippen LogP) is 2.69. The minimum Gasteiger partial charge on any atom is -0.380 e. The molecule has 1 aliphatic rings. The van der Waals surface area contributed by atoms with Crippen molar-refractivity contribution < 1.29 is 14.3 Å². The molecule has 1 unspecified atom stereocenters. The summed E-state index contributed by atoms with van der Waals surface area (Å²) in [6.45, 7) is 15.8. The maximum atomic E-state index is 11.6. The molecular weight excluding hydrogens is 292 g/mol. The largest absolute Gasteiger partial charge is 0.380 e. The highest BCUT2D eigenvalue weighted by Gasteiger charge is 2.21. The van der Waals surface area contributed by atoms with Crippen molar-refractivity contribution in [3.8, 4) is 0 Å². The summed E-state index contributed by atoms with van der Waals surface area (Å²) >= 11 is 0. The molecule has 1 amide bonds. The van der Waals surface area contributed by atoms with Crippen molar-refractivity contribution in [1.29, 1.82) is 0 Å². The minimum atomic E-state index is 0.0289. The van der Waals surface area contributed by atoms with E-state index in [9.17, 15) is 4.79 Å². The maximum Gasteiger partial charge on any atom is 0.222 e. The van der Waals surface area contributed by atoms with E-state index in [1.807, 2.05) is 27.7 Å². The Morgan fingerprint density at radius 3 is 2.70 bits per heavy atom. The Morgan fingerprint density at radius 1 is 1.30 bits per heavy atom. The van der Waals surface area contributed by atoms with Gasteiger partial charge in [-0.2, -0.15) is 0 Å². The standard InChI is InChI=1S/C16H32N2O3.C2H6/c1-4-5-6-9-20-10-7-18-8-11-21-15(13-18)12-17-16(19)14(2)3;1-2/h14-15H,4-13H2,1-3H3,(H,17,19);1-2H3. The van der Waals surface area contributed by atoms with E-state index < -0.39 is 0 Å². The highest BCUT2D eigenvalue weighted by molar-refractivity contribution is 5.77. The lowest BCUT2D eigenvalue weighted by Gasteiger charge is -2.33. The molecule has 0 bridgehead atoms. The van der Waals surface area contributed by atoms with Crippen LogP contribution in [0.3, 0.4) is 0 Å². The summed E-state index contributed by atoms with van der Waals surface area (Å²) in [5, 5.41) is 2.94. The van der Waals surface area contributed by atoms with Crippen LogP contribution in [0.15, 0.2) is 0 Å². The van der Waals surface area contributed by atoms with Gasteiger partial charge in [-0.25, -0.2) is 0 Å². The Bertz CT molecular complexity index is 285. The van der Waals surface area contributed by atoms with Crippen molar-refractivity contribution in [2.75, 3.05) is 46.0 Å². The van der Waals surface area contributed by atoms with Gasteiger partial charge in [-0.15, -0.1) is 0 Å². The molecule has 1 heterocycles. The number of rotatable bonds is 10. The normalized spacial score (nSPS) is 18.4. The molecule has 23 heavy (non-hydrogen) atoms. The van der Waals surface area contributed by atoms with Crippen molar-refractivity contribution >= 4 is 5.91 Å². The average molecular weight is 331 g/mol. The van der Waals surface area contributed by atoms with Crippen LogP contribution in [0.2, 0.25) is 0 Å². The molecule has 1 aliphatic heterocycles. The highest BCUT2D eigenvalue weighted by Crippen LogP contribution is 2.05. The molecule has 0 aromatic carbocycles. The molecular formula is C18H38N2O3. The fraction of sp³-hybridized carbons (Fsp3) is 0.944. The number of hydrogen-bond donors (Lipinski definition) is 1. The molecule has 1 rings (SSSR count). The number of nitrogens with zero attached hydrogens (tertiary/aromatic N) is 1. The minimum absolute atomic E-state index is 0.0289. The third-order valence-corrected chi connectivity index (χ3v) is 3.70. The molecule has 0 aliphatic carbocycles. The summed E-state index contributed by atoms with van der Waals surface area (Å²) in [5.41, 5.74) is 0. The average Bonchev–Trinajstić information content (AvgIpc) is 2.58. The van der Waals surface area contributed by atoms with Gasteiger partial charge in [0.2, 0.25) is 5.91 Å². The second-order valence-electron chi connectivity index (χ2n) is 6.01. The molecule has 5 heteroatoms. The molecule has 0 aromatic rings. The number of unbranched alkanes of at least 4 members (excludes halogenated alkanes) is 2. The van der Waals surface area contributed by atoms with Crippen LogP contribution in [0.5, 0.6) is 0 Å². The second-order valence-corrected chi connectivity index (χ2v) is 6.01. The Morgan fingerprint density at radius 2 is 2.04 bits per heavy atom. The Labute approximate surface area is 143 Å².